The molecule has 0 saturated heterocycles. The van der Waals surface area contributed by atoms with Gasteiger partial charge in [0.1, 0.15) is 18.0 Å². The van der Waals surface area contributed by atoms with E-state index in [-0.39, 0.29) is 0 Å². The van der Waals surface area contributed by atoms with Crippen molar-refractivity contribution in [1.82, 2.24) is 9.97 Å². The van der Waals surface area contributed by atoms with E-state index in [1.165, 1.54) is 6.33 Å². The van der Waals surface area contributed by atoms with E-state index < -0.39 is 0 Å². The van der Waals surface area contributed by atoms with Crippen molar-refractivity contribution in [2.45, 2.75) is 19.8 Å². The molecule has 3 N–H and O–H groups in total. The number of nitrogens with one attached hydrogen (secondary N) is 1. The predicted octanol–water partition coefficient (Wildman–Crippen LogP) is 1.22. The van der Waals surface area contributed by atoms with Crippen LogP contribution in [0.2, 0.25) is 0 Å². The van der Waals surface area contributed by atoms with E-state index in [9.17, 15) is 0 Å². The zero-order chi connectivity index (χ0) is 9.14. The van der Waals surface area contributed by atoms with Gasteiger partial charge in [0, 0.05) is 12.6 Å². The maximum atomic E-state index is 5.71. The van der Waals surface area contributed by atoms with Crippen molar-refractivity contribution in [3.8, 4) is 0 Å². The third-order valence-corrected chi connectivity index (χ3v) is 1.73. The summed E-state index contributed by atoms with van der Waals surface area (Å²) in [5.74, 6) is 1.72. The molecule has 0 aromatic carbocycles. The van der Waals surface area contributed by atoms with Gasteiger partial charge in [-0.3, -0.25) is 0 Å². The highest BCUT2D eigenvalue weighted by Crippen LogP contribution is 2.25. The fourth-order valence-corrected chi connectivity index (χ4v) is 1.18. The molecule has 66 valence electrons. The molecule has 0 atom stereocenters. The van der Waals surface area contributed by atoms with Crippen molar-refractivity contribution < 1.29 is 0 Å². The lowest BCUT2D eigenvalue weighted by Crippen LogP contribution is -2.06. The summed E-state index contributed by atoms with van der Waals surface area (Å²) in [6, 6.07) is 0. The van der Waals surface area contributed by atoms with Gasteiger partial charge in [0.2, 0.25) is 0 Å². The van der Waals surface area contributed by atoms with Gasteiger partial charge in [-0.1, -0.05) is 13.8 Å². The summed E-state index contributed by atoms with van der Waals surface area (Å²) in [6.07, 6.45) is 1.47. The summed E-state index contributed by atoms with van der Waals surface area (Å²) in [5, 5.41) is 2.99. The van der Waals surface area contributed by atoms with E-state index >= 15 is 0 Å². The minimum absolute atomic E-state index is 0.341. The molecule has 0 aliphatic heterocycles. The van der Waals surface area contributed by atoms with Gasteiger partial charge < -0.3 is 11.1 Å². The number of anilines is 2. The first-order valence-electron chi connectivity index (χ1n) is 3.95. The van der Waals surface area contributed by atoms with E-state index in [0.717, 1.165) is 11.4 Å². The van der Waals surface area contributed by atoms with Crippen LogP contribution in [0.4, 0.5) is 11.6 Å². The molecule has 0 fully saturated rings. The summed E-state index contributed by atoms with van der Waals surface area (Å²) >= 11 is 0. The van der Waals surface area contributed by atoms with Crippen molar-refractivity contribution in [3.05, 3.63) is 11.9 Å². The lowest BCUT2D eigenvalue weighted by Gasteiger charge is -2.12. The average molecular weight is 166 g/mol. The van der Waals surface area contributed by atoms with E-state index in [1.807, 2.05) is 7.05 Å². The molecule has 0 aliphatic carbocycles. The van der Waals surface area contributed by atoms with Crippen LogP contribution in [-0.2, 0) is 0 Å². The molecule has 0 radical (unpaired) electrons. The van der Waals surface area contributed by atoms with E-state index in [2.05, 4.69) is 29.1 Å². The first-order valence-corrected chi connectivity index (χ1v) is 3.95. The molecule has 1 aromatic heterocycles. The molecule has 0 amide bonds. The van der Waals surface area contributed by atoms with Gasteiger partial charge in [0.25, 0.3) is 0 Å². The topological polar surface area (TPSA) is 63.8 Å². The van der Waals surface area contributed by atoms with Crippen LogP contribution >= 0.6 is 0 Å². The van der Waals surface area contributed by atoms with E-state index in [4.69, 9.17) is 5.73 Å². The average Bonchev–Trinajstić information content (AvgIpc) is 2.03. The molecule has 0 aliphatic rings. The number of nitrogens with zero attached hydrogens (tertiary/aromatic N) is 2. The SMILES string of the molecule is CNc1ncnc(N)c1C(C)C. The molecular formula is C8H14N4. The second kappa shape index (κ2) is 3.38. The first-order chi connectivity index (χ1) is 5.66. The smallest absolute Gasteiger partial charge is 0.134 e. The van der Waals surface area contributed by atoms with Gasteiger partial charge in [0.15, 0.2) is 0 Å². The second-order valence-electron chi connectivity index (χ2n) is 2.93. The molecular weight excluding hydrogens is 152 g/mol. The van der Waals surface area contributed by atoms with Gasteiger partial charge in [-0.2, -0.15) is 0 Å². The standard InChI is InChI=1S/C8H14N4/c1-5(2)6-7(9)11-4-12-8(6)10-3/h4-5H,1-3H3,(H3,9,10,11,12). The lowest BCUT2D eigenvalue weighted by atomic mass is 10.1. The Morgan fingerprint density at radius 3 is 2.50 bits per heavy atom. The molecule has 4 nitrogen and oxygen atoms in total. The Balaban J connectivity index is 3.20. The van der Waals surface area contributed by atoms with E-state index in [1.54, 1.807) is 0 Å². The van der Waals surface area contributed by atoms with Crippen LogP contribution in [0.15, 0.2) is 6.33 Å². The Morgan fingerprint density at radius 1 is 1.42 bits per heavy atom. The zero-order valence-corrected chi connectivity index (χ0v) is 7.63. The van der Waals surface area contributed by atoms with Crippen LogP contribution in [0, 0.1) is 0 Å². The molecule has 1 rings (SSSR count). The molecule has 1 heterocycles. The Bertz CT molecular complexity index is 270. The summed E-state index contributed by atoms with van der Waals surface area (Å²) < 4.78 is 0. The summed E-state index contributed by atoms with van der Waals surface area (Å²) in [6.45, 7) is 4.13. The van der Waals surface area contributed by atoms with Crippen LogP contribution in [0.3, 0.4) is 0 Å². The Hall–Kier alpha value is -1.32. The molecule has 12 heavy (non-hydrogen) atoms. The zero-order valence-electron chi connectivity index (χ0n) is 7.63. The maximum Gasteiger partial charge on any atom is 0.134 e. The molecule has 1 aromatic rings. The number of nitrogens with two attached hydrogens (primary N) is 1. The summed E-state index contributed by atoms with van der Waals surface area (Å²) in [5.41, 5.74) is 6.69. The molecule has 4 heteroatoms. The third-order valence-electron chi connectivity index (χ3n) is 1.73. The van der Waals surface area contributed by atoms with Crippen LogP contribution in [0.5, 0.6) is 0 Å². The lowest BCUT2D eigenvalue weighted by molar-refractivity contribution is 0.853. The minimum Gasteiger partial charge on any atom is -0.383 e. The van der Waals surface area contributed by atoms with Gasteiger partial charge in [-0.15, -0.1) is 0 Å². The summed E-state index contributed by atoms with van der Waals surface area (Å²) in [7, 11) is 1.83. The Morgan fingerprint density at radius 2 is 2.08 bits per heavy atom. The monoisotopic (exact) mass is 166 g/mol. The van der Waals surface area contributed by atoms with Crippen LogP contribution in [0.25, 0.3) is 0 Å². The Kier molecular flexibility index (Phi) is 2.47. The highest BCUT2D eigenvalue weighted by atomic mass is 15.0. The summed E-state index contributed by atoms with van der Waals surface area (Å²) in [4.78, 5) is 8.01. The van der Waals surface area contributed by atoms with Gasteiger partial charge >= 0.3 is 0 Å². The number of hydrogen-bond acceptors (Lipinski definition) is 4. The maximum absolute atomic E-state index is 5.71. The highest BCUT2D eigenvalue weighted by Gasteiger charge is 2.10. The fraction of sp³-hybridized carbons (Fsp3) is 0.500. The van der Waals surface area contributed by atoms with Crippen molar-refractivity contribution in [3.63, 3.8) is 0 Å². The Labute approximate surface area is 72.2 Å². The predicted molar refractivity (Wildman–Crippen MR) is 50.1 cm³/mol. The molecule has 0 saturated carbocycles. The van der Waals surface area contributed by atoms with E-state index in [0.29, 0.717) is 11.7 Å². The fourth-order valence-electron chi connectivity index (χ4n) is 1.18. The van der Waals surface area contributed by atoms with Crippen molar-refractivity contribution in [2.24, 2.45) is 0 Å². The van der Waals surface area contributed by atoms with Crippen molar-refractivity contribution >= 4 is 11.6 Å². The van der Waals surface area contributed by atoms with Gasteiger partial charge in [-0.05, 0) is 5.92 Å². The quantitative estimate of drug-likeness (QED) is 0.693. The number of aromatic nitrogens is 2. The molecule has 0 spiro atoms. The van der Waals surface area contributed by atoms with Crippen LogP contribution in [0.1, 0.15) is 25.3 Å². The van der Waals surface area contributed by atoms with Crippen molar-refractivity contribution in [1.29, 1.82) is 0 Å². The van der Waals surface area contributed by atoms with Gasteiger partial charge in [-0.25, -0.2) is 9.97 Å². The first kappa shape index (κ1) is 8.77. The second-order valence-corrected chi connectivity index (χ2v) is 2.93. The highest BCUT2D eigenvalue weighted by molar-refractivity contribution is 5.56. The normalized spacial score (nSPS) is 10.3. The van der Waals surface area contributed by atoms with Crippen LogP contribution in [-0.4, -0.2) is 17.0 Å². The number of rotatable bonds is 2. The van der Waals surface area contributed by atoms with Gasteiger partial charge in [0.05, 0.1) is 0 Å². The van der Waals surface area contributed by atoms with Crippen LogP contribution < -0.4 is 11.1 Å². The minimum atomic E-state index is 0.341. The number of nitrogen functional groups attached to an aromatic ring is 1. The number of hydrogen-bond donors (Lipinski definition) is 2. The molecule has 0 unspecified atom stereocenters. The molecule has 0 bridgehead atoms. The largest absolute Gasteiger partial charge is 0.383 e. The van der Waals surface area contributed by atoms with Crippen molar-refractivity contribution in [2.75, 3.05) is 18.1 Å². The third kappa shape index (κ3) is 1.47.